The number of aromatic nitrogens is 2. The predicted octanol–water partition coefficient (Wildman–Crippen LogP) is 1.40. The highest BCUT2D eigenvalue weighted by Crippen LogP contribution is 2.17. The number of hydrogen-bond donors (Lipinski definition) is 1. The smallest absolute Gasteiger partial charge is 0.159 e. The molecule has 0 saturated carbocycles. The second kappa shape index (κ2) is 2.77. The largest absolute Gasteiger partial charge is 0.381 e. The number of anilines is 1. The molecule has 0 atom stereocenters. The van der Waals surface area contributed by atoms with Gasteiger partial charge in [0.1, 0.15) is 0 Å². The van der Waals surface area contributed by atoms with E-state index in [4.69, 9.17) is 5.73 Å². The van der Waals surface area contributed by atoms with Crippen LogP contribution in [0.1, 0.15) is 12.6 Å². The van der Waals surface area contributed by atoms with E-state index in [1.807, 2.05) is 11.6 Å². The molecule has 56 valence electrons. The third kappa shape index (κ3) is 1.12. The molecule has 4 heteroatoms. The molecule has 0 unspecified atom stereocenters. The molecular formula is C6H10IN3. The summed E-state index contributed by atoms with van der Waals surface area (Å²) in [6.45, 7) is 4.96. The Morgan fingerprint density at radius 1 is 1.70 bits per heavy atom. The van der Waals surface area contributed by atoms with Crippen molar-refractivity contribution in [2.45, 2.75) is 20.4 Å². The van der Waals surface area contributed by atoms with Crippen LogP contribution < -0.4 is 5.73 Å². The summed E-state index contributed by atoms with van der Waals surface area (Å²) in [7, 11) is 0. The Bertz CT molecular complexity index is 241. The van der Waals surface area contributed by atoms with Crippen LogP contribution in [0.3, 0.4) is 0 Å². The Morgan fingerprint density at radius 2 is 2.30 bits per heavy atom. The molecule has 0 bridgehead atoms. The fourth-order valence-electron chi connectivity index (χ4n) is 0.855. The summed E-state index contributed by atoms with van der Waals surface area (Å²) < 4.78 is 2.97. The Morgan fingerprint density at radius 3 is 2.50 bits per heavy atom. The molecule has 0 aliphatic carbocycles. The second-order valence-electron chi connectivity index (χ2n) is 2.10. The minimum Gasteiger partial charge on any atom is -0.381 e. The zero-order valence-electron chi connectivity index (χ0n) is 6.06. The van der Waals surface area contributed by atoms with Gasteiger partial charge >= 0.3 is 0 Å². The van der Waals surface area contributed by atoms with Crippen molar-refractivity contribution in [3.8, 4) is 0 Å². The molecule has 0 fully saturated rings. The second-order valence-corrected chi connectivity index (χ2v) is 3.18. The predicted molar refractivity (Wildman–Crippen MR) is 49.8 cm³/mol. The number of halogens is 1. The highest BCUT2D eigenvalue weighted by atomic mass is 127. The van der Waals surface area contributed by atoms with Crippen LogP contribution in [0.4, 0.5) is 5.82 Å². The van der Waals surface area contributed by atoms with E-state index in [-0.39, 0.29) is 0 Å². The van der Waals surface area contributed by atoms with Crippen molar-refractivity contribution in [3.63, 3.8) is 0 Å². The van der Waals surface area contributed by atoms with Gasteiger partial charge in [0.05, 0.1) is 9.26 Å². The average molecular weight is 251 g/mol. The van der Waals surface area contributed by atoms with Crippen molar-refractivity contribution in [3.05, 3.63) is 9.26 Å². The van der Waals surface area contributed by atoms with Crippen LogP contribution in [0.5, 0.6) is 0 Å². The molecule has 0 saturated heterocycles. The quantitative estimate of drug-likeness (QED) is 0.766. The summed E-state index contributed by atoms with van der Waals surface area (Å²) >= 11 is 2.20. The van der Waals surface area contributed by atoms with Crippen LogP contribution in [-0.2, 0) is 6.54 Å². The van der Waals surface area contributed by atoms with Crippen molar-refractivity contribution in [1.82, 2.24) is 9.78 Å². The standard InChI is InChI=1S/C6H10IN3/c1-3-10-4(2)5(7)6(8)9-10/h3H2,1-2H3,(H2,8,9). The summed E-state index contributed by atoms with van der Waals surface area (Å²) in [5, 5.41) is 4.12. The third-order valence-electron chi connectivity index (χ3n) is 1.46. The van der Waals surface area contributed by atoms with Gasteiger partial charge < -0.3 is 5.73 Å². The van der Waals surface area contributed by atoms with E-state index in [9.17, 15) is 0 Å². The van der Waals surface area contributed by atoms with Gasteiger partial charge in [0, 0.05) is 6.54 Å². The minimum absolute atomic E-state index is 0.639. The van der Waals surface area contributed by atoms with Gasteiger partial charge in [-0.1, -0.05) is 0 Å². The summed E-state index contributed by atoms with van der Waals surface area (Å²) in [6, 6.07) is 0. The first-order chi connectivity index (χ1) is 4.66. The number of hydrogen-bond acceptors (Lipinski definition) is 2. The van der Waals surface area contributed by atoms with Gasteiger partial charge in [-0.25, -0.2) is 0 Å². The van der Waals surface area contributed by atoms with E-state index in [0.29, 0.717) is 5.82 Å². The van der Waals surface area contributed by atoms with Gasteiger partial charge in [-0.2, -0.15) is 5.10 Å². The molecule has 3 nitrogen and oxygen atoms in total. The Hall–Kier alpha value is -0.260. The number of nitrogen functional groups attached to an aromatic ring is 1. The molecule has 1 aromatic heterocycles. The lowest BCUT2D eigenvalue weighted by Gasteiger charge is -1.95. The third-order valence-corrected chi connectivity index (χ3v) is 2.79. The highest BCUT2D eigenvalue weighted by Gasteiger charge is 2.06. The van der Waals surface area contributed by atoms with Crippen LogP contribution >= 0.6 is 22.6 Å². The Kier molecular flexibility index (Phi) is 2.18. The maximum Gasteiger partial charge on any atom is 0.159 e. The fourth-order valence-corrected chi connectivity index (χ4v) is 1.24. The molecule has 0 aliphatic rings. The van der Waals surface area contributed by atoms with Crippen LogP contribution in [0.15, 0.2) is 0 Å². The maximum absolute atomic E-state index is 5.58. The highest BCUT2D eigenvalue weighted by molar-refractivity contribution is 14.1. The molecule has 1 rings (SSSR count). The summed E-state index contributed by atoms with van der Waals surface area (Å²) in [4.78, 5) is 0. The molecule has 0 radical (unpaired) electrons. The lowest BCUT2D eigenvalue weighted by atomic mass is 10.4. The van der Waals surface area contributed by atoms with Crippen molar-refractivity contribution in [1.29, 1.82) is 0 Å². The first-order valence-corrected chi connectivity index (χ1v) is 4.23. The van der Waals surface area contributed by atoms with Gasteiger partial charge in [-0.3, -0.25) is 4.68 Å². The SMILES string of the molecule is CCn1nc(N)c(I)c1C. The van der Waals surface area contributed by atoms with Crippen molar-refractivity contribution in [2.75, 3.05) is 5.73 Å². The molecule has 1 heterocycles. The topological polar surface area (TPSA) is 43.8 Å². The molecular weight excluding hydrogens is 241 g/mol. The van der Waals surface area contributed by atoms with Crippen LogP contribution in [0.2, 0.25) is 0 Å². The van der Waals surface area contributed by atoms with Crippen LogP contribution in [0.25, 0.3) is 0 Å². The van der Waals surface area contributed by atoms with E-state index in [1.54, 1.807) is 0 Å². The van der Waals surface area contributed by atoms with E-state index >= 15 is 0 Å². The fraction of sp³-hybridized carbons (Fsp3) is 0.500. The summed E-state index contributed by atoms with van der Waals surface area (Å²) in [5.41, 5.74) is 6.73. The van der Waals surface area contributed by atoms with E-state index in [2.05, 4.69) is 34.6 Å². The molecule has 1 aromatic rings. The van der Waals surface area contributed by atoms with E-state index < -0.39 is 0 Å². The number of aryl methyl sites for hydroxylation is 1. The molecule has 0 amide bonds. The van der Waals surface area contributed by atoms with Gasteiger partial charge in [0.15, 0.2) is 5.82 Å². The monoisotopic (exact) mass is 251 g/mol. The zero-order chi connectivity index (χ0) is 7.72. The van der Waals surface area contributed by atoms with Crippen molar-refractivity contribution >= 4 is 28.4 Å². The molecule has 2 N–H and O–H groups in total. The lowest BCUT2D eigenvalue weighted by molar-refractivity contribution is 0.642. The molecule has 0 aliphatic heterocycles. The summed E-state index contributed by atoms with van der Waals surface area (Å²) in [5.74, 6) is 0.639. The molecule has 10 heavy (non-hydrogen) atoms. The maximum atomic E-state index is 5.58. The van der Waals surface area contributed by atoms with Crippen molar-refractivity contribution in [2.24, 2.45) is 0 Å². The first-order valence-electron chi connectivity index (χ1n) is 3.15. The molecule has 0 spiro atoms. The molecule has 0 aromatic carbocycles. The van der Waals surface area contributed by atoms with E-state index in [0.717, 1.165) is 15.8 Å². The first kappa shape index (κ1) is 7.84. The van der Waals surface area contributed by atoms with Crippen molar-refractivity contribution < 1.29 is 0 Å². The number of nitrogens with two attached hydrogens (primary N) is 1. The van der Waals surface area contributed by atoms with Crippen LogP contribution in [0, 0.1) is 10.5 Å². The van der Waals surface area contributed by atoms with Gasteiger partial charge in [0.2, 0.25) is 0 Å². The average Bonchev–Trinajstić information content (AvgIpc) is 2.17. The van der Waals surface area contributed by atoms with Gasteiger partial charge in [-0.05, 0) is 36.4 Å². The normalized spacial score (nSPS) is 10.3. The summed E-state index contributed by atoms with van der Waals surface area (Å²) in [6.07, 6.45) is 0. The zero-order valence-corrected chi connectivity index (χ0v) is 8.21. The minimum atomic E-state index is 0.639. The van der Waals surface area contributed by atoms with Gasteiger partial charge in [-0.15, -0.1) is 0 Å². The number of rotatable bonds is 1. The van der Waals surface area contributed by atoms with E-state index in [1.165, 1.54) is 0 Å². The Labute approximate surface area is 73.7 Å². The Balaban J connectivity index is 3.17. The van der Waals surface area contributed by atoms with Crippen LogP contribution in [-0.4, -0.2) is 9.78 Å². The van der Waals surface area contributed by atoms with Gasteiger partial charge in [0.25, 0.3) is 0 Å². The lowest BCUT2D eigenvalue weighted by Crippen LogP contribution is -1.98. The number of nitrogens with zero attached hydrogens (tertiary/aromatic N) is 2.